The second-order valence-electron chi connectivity index (χ2n) is 6.11. The highest BCUT2D eigenvalue weighted by Gasteiger charge is 2.30. The zero-order valence-electron chi connectivity index (χ0n) is 14.3. The number of aromatic nitrogens is 2. The maximum atomic E-state index is 12.9. The Morgan fingerprint density at radius 3 is 2.43 bits per heavy atom. The molecule has 4 nitrogen and oxygen atoms in total. The largest absolute Gasteiger partial charge is 0.505 e. The first-order valence-corrected chi connectivity index (χ1v) is 9.21. The van der Waals surface area contributed by atoms with Crippen molar-refractivity contribution in [2.75, 3.05) is 5.32 Å². The molecule has 0 unspecified atom stereocenters. The topological polar surface area (TPSA) is 58.0 Å². The summed E-state index contributed by atoms with van der Waals surface area (Å²) in [7, 11) is 0. The van der Waals surface area contributed by atoms with Crippen molar-refractivity contribution in [2.24, 2.45) is 0 Å². The van der Waals surface area contributed by atoms with Gasteiger partial charge in [0.05, 0.1) is 11.6 Å². The lowest BCUT2D eigenvalue weighted by molar-refractivity contribution is -0.137. The predicted octanol–water partition coefficient (Wildman–Crippen LogP) is 5.62. The van der Waals surface area contributed by atoms with E-state index in [1.165, 1.54) is 23.5 Å². The Morgan fingerprint density at radius 2 is 1.75 bits per heavy atom. The van der Waals surface area contributed by atoms with Gasteiger partial charge in [-0.15, -0.1) is 11.3 Å². The van der Waals surface area contributed by atoms with Crippen molar-refractivity contribution in [3.05, 3.63) is 83.0 Å². The molecule has 0 spiro atoms. The fourth-order valence-corrected chi connectivity index (χ4v) is 3.56. The number of alkyl halides is 3. The van der Waals surface area contributed by atoms with Crippen molar-refractivity contribution in [1.29, 1.82) is 0 Å². The van der Waals surface area contributed by atoms with Crippen molar-refractivity contribution in [3.8, 4) is 5.75 Å². The molecule has 2 heterocycles. The molecular weight excluding hydrogens is 387 g/mol. The van der Waals surface area contributed by atoms with Crippen molar-refractivity contribution >= 4 is 27.4 Å². The first-order chi connectivity index (χ1) is 13.4. The van der Waals surface area contributed by atoms with Gasteiger partial charge in [-0.2, -0.15) is 13.2 Å². The van der Waals surface area contributed by atoms with Gasteiger partial charge in [-0.05, 0) is 23.8 Å². The Hall–Kier alpha value is -3.13. The Bertz CT molecular complexity index is 1100. The van der Waals surface area contributed by atoms with Gasteiger partial charge in [0.2, 0.25) is 0 Å². The van der Waals surface area contributed by atoms with Crippen LogP contribution in [0.4, 0.5) is 18.3 Å². The molecule has 142 valence electrons. The highest BCUT2D eigenvalue weighted by molar-refractivity contribution is 7.13. The molecule has 28 heavy (non-hydrogen) atoms. The average Bonchev–Trinajstić information content (AvgIpc) is 3.20. The lowest BCUT2D eigenvalue weighted by Crippen LogP contribution is -2.13. The number of anilines is 1. The maximum Gasteiger partial charge on any atom is 0.416 e. The normalized spacial score (nSPS) is 12.8. The van der Waals surface area contributed by atoms with Crippen LogP contribution in [-0.4, -0.2) is 15.1 Å². The van der Waals surface area contributed by atoms with Crippen LogP contribution < -0.4 is 5.32 Å². The van der Waals surface area contributed by atoms with Crippen LogP contribution in [0.25, 0.3) is 10.9 Å². The molecule has 8 heteroatoms. The number of benzene rings is 2. The van der Waals surface area contributed by atoms with E-state index in [2.05, 4.69) is 15.3 Å². The van der Waals surface area contributed by atoms with Gasteiger partial charge < -0.3 is 10.4 Å². The molecule has 0 saturated heterocycles. The van der Waals surface area contributed by atoms with E-state index in [1.54, 1.807) is 29.9 Å². The van der Waals surface area contributed by atoms with Gasteiger partial charge in [0.25, 0.3) is 0 Å². The number of pyridine rings is 1. The number of nitrogens with one attached hydrogen (secondary N) is 1. The molecule has 0 aliphatic heterocycles. The minimum Gasteiger partial charge on any atom is -0.505 e. The van der Waals surface area contributed by atoms with E-state index < -0.39 is 17.8 Å². The Morgan fingerprint density at radius 1 is 0.964 bits per heavy atom. The summed E-state index contributed by atoms with van der Waals surface area (Å²) >= 11 is 1.36. The molecule has 0 bridgehead atoms. The molecule has 4 rings (SSSR count). The van der Waals surface area contributed by atoms with Crippen molar-refractivity contribution < 1.29 is 18.3 Å². The van der Waals surface area contributed by atoms with E-state index in [9.17, 15) is 18.3 Å². The fraction of sp³-hybridized carbons (Fsp3) is 0.100. The maximum absolute atomic E-state index is 12.9. The van der Waals surface area contributed by atoms with E-state index in [0.717, 1.165) is 17.5 Å². The molecule has 1 atom stereocenters. The summed E-state index contributed by atoms with van der Waals surface area (Å²) < 4.78 is 38.7. The van der Waals surface area contributed by atoms with Crippen LogP contribution in [0.15, 0.2) is 66.3 Å². The number of hydrogen-bond donors (Lipinski definition) is 2. The summed E-state index contributed by atoms with van der Waals surface area (Å²) in [6.45, 7) is 0. The van der Waals surface area contributed by atoms with E-state index in [1.807, 2.05) is 12.1 Å². The summed E-state index contributed by atoms with van der Waals surface area (Å²) in [6, 6.07) is 11.4. The van der Waals surface area contributed by atoms with Gasteiger partial charge in [0.15, 0.2) is 5.13 Å². The SMILES string of the molecule is Oc1c([C@H](Nc2nccs2)c2ccc(C(F)(F)F)cc2)ccc2cccnc12. The fourth-order valence-electron chi connectivity index (χ4n) is 3.00. The number of nitrogens with zero attached hydrogens (tertiary/aromatic N) is 2. The van der Waals surface area contributed by atoms with Crippen LogP contribution in [0.3, 0.4) is 0 Å². The Kier molecular flexibility index (Phi) is 4.64. The zero-order chi connectivity index (χ0) is 19.7. The average molecular weight is 401 g/mol. The number of thiazole rings is 1. The molecule has 0 aliphatic rings. The molecule has 0 aliphatic carbocycles. The van der Waals surface area contributed by atoms with Gasteiger partial charge >= 0.3 is 6.18 Å². The number of halogens is 3. The smallest absolute Gasteiger partial charge is 0.416 e. The molecule has 4 aromatic rings. The monoisotopic (exact) mass is 401 g/mol. The number of hydrogen-bond acceptors (Lipinski definition) is 5. The van der Waals surface area contributed by atoms with E-state index in [4.69, 9.17) is 0 Å². The molecule has 0 radical (unpaired) electrons. The Balaban J connectivity index is 1.81. The van der Waals surface area contributed by atoms with Crippen LogP contribution in [0.5, 0.6) is 5.75 Å². The Labute approximate surface area is 162 Å². The lowest BCUT2D eigenvalue weighted by Gasteiger charge is -2.21. The molecule has 2 aromatic heterocycles. The number of fused-ring (bicyclic) bond motifs is 1. The summed E-state index contributed by atoms with van der Waals surface area (Å²) in [4.78, 5) is 8.41. The summed E-state index contributed by atoms with van der Waals surface area (Å²) in [5, 5.41) is 17.1. The molecule has 0 fully saturated rings. The van der Waals surface area contributed by atoms with Crippen LogP contribution in [0.1, 0.15) is 22.7 Å². The number of aromatic hydroxyl groups is 1. The standard InChI is InChI=1S/C20H14F3N3OS/c21-20(22,23)14-6-3-13(4-7-14)16(26-19-25-10-11-28-19)15-8-5-12-2-1-9-24-17(12)18(15)27/h1-11,16,27H,(H,25,26)/t16-/m1/s1. The van der Waals surface area contributed by atoms with Crippen LogP contribution >= 0.6 is 11.3 Å². The van der Waals surface area contributed by atoms with Crippen LogP contribution in [0.2, 0.25) is 0 Å². The third-order valence-electron chi connectivity index (χ3n) is 4.36. The number of rotatable bonds is 4. The number of phenols is 1. The van der Waals surface area contributed by atoms with Crippen LogP contribution in [-0.2, 0) is 6.18 Å². The van der Waals surface area contributed by atoms with Crippen molar-refractivity contribution in [2.45, 2.75) is 12.2 Å². The van der Waals surface area contributed by atoms with E-state index in [0.29, 0.717) is 21.8 Å². The minimum atomic E-state index is -4.41. The lowest BCUT2D eigenvalue weighted by atomic mass is 9.95. The molecule has 0 saturated carbocycles. The van der Waals surface area contributed by atoms with E-state index in [-0.39, 0.29) is 5.75 Å². The third kappa shape index (κ3) is 3.50. The second-order valence-corrected chi connectivity index (χ2v) is 7.01. The van der Waals surface area contributed by atoms with Gasteiger partial charge in [-0.25, -0.2) is 4.98 Å². The first-order valence-electron chi connectivity index (χ1n) is 8.33. The molecule has 0 amide bonds. The highest BCUT2D eigenvalue weighted by Crippen LogP contribution is 2.38. The molecule has 2 aromatic carbocycles. The van der Waals surface area contributed by atoms with E-state index >= 15 is 0 Å². The summed E-state index contributed by atoms with van der Waals surface area (Å²) in [5.74, 6) is -0.0212. The summed E-state index contributed by atoms with van der Waals surface area (Å²) in [5.41, 5.74) is 0.765. The summed E-state index contributed by atoms with van der Waals surface area (Å²) in [6.07, 6.45) is -1.21. The highest BCUT2D eigenvalue weighted by atomic mass is 32.1. The first kappa shape index (κ1) is 18.2. The van der Waals surface area contributed by atoms with Gasteiger partial charge in [0, 0.05) is 28.7 Å². The van der Waals surface area contributed by atoms with Crippen molar-refractivity contribution in [3.63, 3.8) is 0 Å². The quantitative estimate of drug-likeness (QED) is 0.466. The number of phenolic OH excluding ortho intramolecular Hbond substituents is 1. The van der Waals surface area contributed by atoms with Crippen molar-refractivity contribution in [1.82, 2.24) is 9.97 Å². The van der Waals surface area contributed by atoms with Crippen LogP contribution in [0, 0.1) is 0 Å². The minimum absolute atomic E-state index is 0.0212. The molecular formula is C20H14F3N3OS. The van der Waals surface area contributed by atoms with Gasteiger partial charge in [0.1, 0.15) is 11.3 Å². The van der Waals surface area contributed by atoms with Gasteiger partial charge in [-0.1, -0.05) is 30.3 Å². The zero-order valence-corrected chi connectivity index (χ0v) is 15.1. The molecule has 2 N–H and O–H groups in total. The van der Waals surface area contributed by atoms with Gasteiger partial charge in [-0.3, -0.25) is 4.98 Å². The second kappa shape index (κ2) is 7.12. The third-order valence-corrected chi connectivity index (χ3v) is 5.07. The predicted molar refractivity (Wildman–Crippen MR) is 102 cm³/mol.